The first-order valence-corrected chi connectivity index (χ1v) is 7.87. The molecule has 1 aromatic rings. The Kier molecular flexibility index (Phi) is 5.53. The van der Waals surface area contributed by atoms with Gasteiger partial charge >= 0.3 is 5.97 Å². The maximum Gasteiger partial charge on any atom is 0.356 e. The molecule has 0 bridgehead atoms. The number of carbonyl (C=O) groups is 1. The largest absolute Gasteiger partial charge is 0.461 e. The van der Waals surface area contributed by atoms with Gasteiger partial charge in [-0.1, -0.05) is 6.07 Å². The molecule has 2 rings (SSSR count). The lowest BCUT2D eigenvalue weighted by atomic mass is 9.91. The zero-order valence-electron chi connectivity index (χ0n) is 14.0. The molecule has 5 heteroatoms. The normalized spacial score (nSPS) is 16.4. The van der Waals surface area contributed by atoms with Crippen molar-refractivity contribution in [2.75, 3.05) is 26.8 Å². The molecule has 0 spiro atoms. The lowest BCUT2D eigenvalue weighted by Crippen LogP contribution is -2.60. The highest BCUT2D eigenvalue weighted by atomic mass is 16.5. The number of esters is 1. The molecule has 122 valence electrons. The van der Waals surface area contributed by atoms with Crippen molar-refractivity contribution in [3.8, 4) is 0 Å². The number of rotatable bonds is 7. The summed E-state index contributed by atoms with van der Waals surface area (Å²) >= 11 is 0. The summed E-state index contributed by atoms with van der Waals surface area (Å²) in [4.78, 5) is 18.6. The standard InChI is InChI=1S/C17H26N2O3/c1-5-22-16(20)15-8-6-7-13(18-15)9-10-17(2,3)19-11-14(12-19)21-4/h6-8,14H,5,9-12H2,1-4H3. The molecule has 0 saturated carbocycles. The number of pyridine rings is 1. The molecular formula is C17H26N2O3. The van der Waals surface area contributed by atoms with E-state index in [0.717, 1.165) is 31.6 Å². The Balaban J connectivity index is 1.91. The Labute approximate surface area is 132 Å². The number of hydrogen-bond donors (Lipinski definition) is 0. The molecule has 2 heterocycles. The van der Waals surface area contributed by atoms with Crippen molar-refractivity contribution in [2.45, 2.75) is 45.3 Å². The molecule has 0 aromatic carbocycles. The molecule has 0 atom stereocenters. The van der Waals surface area contributed by atoms with Gasteiger partial charge in [-0.25, -0.2) is 9.78 Å². The van der Waals surface area contributed by atoms with E-state index < -0.39 is 0 Å². The third-order valence-electron chi connectivity index (χ3n) is 4.32. The summed E-state index contributed by atoms with van der Waals surface area (Å²) in [5.41, 5.74) is 1.43. The second-order valence-electron chi connectivity index (χ2n) is 6.31. The molecule has 1 aliphatic rings. The first kappa shape index (κ1) is 16.9. The molecule has 1 aliphatic heterocycles. The van der Waals surface area contributed by atoms with E-state index in [1.807, 2.05) is 12.1 Å². The molecule has 1 aromatic heterocycles. The number of likely N-dealkylation sites (tertiary alicyclic amines) is 1. The van der Waals surface area contributed by atoms with Crippen LogP contribution in [0.1, 0.15) is 43.4 Å². The second-order valence-corrected chi connectivity index (χ2v) is 6.31. The summed E-state index contributed by atoms with van der Waals surface area (Å²) in [6, 6.07) is 5.53. The van der Waals surface area contributed by atoms with Crippen molar-refractivity contribution in [3.05, 3.63) is 29.6 Å². The van der Waals surface area contributed by atoms with E-state index in [-0.39, 0.29) is 11.5 Å². The molecule has 0 aliphatic carbocycles. The number of carbonyl (C=O) groups excluding carboxylic acids is 1. The summed E-state index contributed by atoms with van der Waals surface area (Å²) < 4.78 is 10.3. The highest BCUT2D eigenvalue weighted by Gasteiger charge is 2.36. The van der Waals surface area contributed by atoms with E-state index >= 15 is 0 Å². The van der Waals surface area contributed by atoms with Crippen LogP contribution in [0.5, 0.6) is 0 Å². The van der Waals surface area contributed by atoms with Crippen molar-refractivity contribution in [3.63, 3.8) is 0 Å². The fourth-order valence-electron chi connectivity index (χ4n) is 2.61. The van der Waals surface area contributed by atoms with Gasteiger partial charge in [0, 0.05) is 31.4 Å². The monoisotopic (exact) mass is 306 g/mol. The second kappa shape index (κ2) is 7.20. The number of ether oxygens (including phenoxy) is 2. The van der Waals surface area contributed by atoms with Crippen LogP contribution in [0, 0.1) is 0 Å². The number of nitrogens with zero attached hydrogens (tertiary/aromatic N) is 2. The predicted octanol–water partition coefficient (Wildman–Crippen LogP) is 2.30. The SMILES string of the molecule is CCOC(=O)c1cccc(CCC(C)(C)N2CC(OC)C2)n1. The Hall–Kier alpha value is -1.46. The number of aromatic nitrogens is 1. The quantitative estimate of drug-likeness (QED) is 0.724. The van der Waals surface area contributed by atoms with Gasteiger partial charge < -0.3 is 9.47 Å². The van der Waals surface area contributed by atoms with Crippen LogP contribution < -0.4 is 0 Å². The van der Waals surface area contributed by atoms with Crippen LogP contribution >= 0.6 is 0 Å². The highest BCUT2D eigenvalue weighted by molar-refractivity contribution is 5.87. The number of methoxy groups -OCH3 is 1. The van der Waals surface area contributed by atoms with Crippen LogP contribution in [0.3, 0.4) is 0 Å². The van der Waals surface area contributed by atoms with Gasteiger partial charge in [-0.2, -0.15) is 0 Å². The Bertz CT molecular complexity index is 510. The van der Waals surface area contributed by atoms with E-state index in [2.05, 4.69) is 23.7 Å². The van der Waals surface area contributed by atoms with Crippen molar-refractivity contribution < 1.29 is 14.3 Å². The molecule has 0 amide bonds. The van der Waals surface area contributed by atoms with Crippen LogP contribution in [0.15, 0.2) is 18.2 Å². The zero-order chi connectivity index (χ0) is 16.2. The zero-order valence-corrected chi connectivity index (χ0v) is 14.0. The van der Waals surface area contributed by atoms with Gasteiger partial charge in [-0.15, -0.1) is 0 Å². The maximum absolute atomic E-state index is 11.7. The Morgan fingerprint density at radius 2 is 2.14 bits per heavy atom. The third kappa shape index (κ3) is 4.05. The molecule has 22 heavy (non-hydrogen) atoms. The van der Waals surface area contributed by atoms with Gasteiger partial charge in [0.05, 0.1) is 12.7 Å². The van der Waals surface area contributed by atoms with E-state index in [1.165, 1.54) is 0 Å². The Morgan fingerprint density at radius 1 is 1.41 bits per heavy atom. The molecular weight excluding hydrogens is 280 g/mol. The molecule has 1 fully saturated rings. The van der Waals surface area contributed by atoms with Gasteiger partial charge in [0.2, 0.25) is 0 Å². The van der Waals surface area contributed by atoms with Crippen LogP contribution in [0.4, 0.5) is 0 Å². The Morgan fingerprint density at radius 3 is 2.77 bits per heavy atom. The van der Waals surface area contributed by atoms with Crippen LogP contribution in [0.2, 0.25) is 0 Å². The molecule has 5 nitrogen and oxygen atoms in total. The van der Waals surface area contributed by atoms with Crippen LogP contribution in [-0.4, -0.2) is 54.3 Å². The molecule has 0 unspecified atom stereocenters. The van der Waals surface area contributed by atoms with Gasteiger partial charge in [0.25, 0.3) is 0 Å². The number of hydrogen-bond acceptors (Lipinski definition) is 5. The van der Waals surface area contributed by atoms with Crippen LogP contribution in [-0.2, 0) is 15.9 Å². The molecule has 0 N–H and O–H groups in total. The lowest BCUT2D eigenvalue weighted by Gasteiger charge is -2.48. The summed E-state index contributed by atoms with van der Waals surface area (Å²) in [5.74, 6) is -0.353. The van der Waals surface area contributed by atoms with Crippen molar-refractivity contribution >= 4 is 5.97 Å². The summed E-state index contributed by atoms with van der Waals surface area (Å²) in [7, 11) is 1.76. The minimum absolute atomic E-state index is 0.108. The van der Waals surface area contributed by atoms with Gasteiger partial charge in [0.1, 0.15) is 5.69 Å². The maximum atomic E-state index is 11.7. The summed E-state index contributed by atoms with van der Waals surface area (Å²) in [6.07, 6.45) is 2.20. The average molecular weight is 306 g/mol. The minimum atomic E-state index is -0.353. The van der Waals surface area contributed by atoms with Crippen LogP contribution in [0.25, 0.3) is 0 Å². The van der Waals surface area contributed by atoms with Gasteiger partial charge in [-0.3, -0.25) is 4.90 Å². The van der Waals surface area contributed by atoms with Crippen molar-refractivity contribution in [1.82, 2.24) is 9.88 Å². The first-order valence-electron chi connectivity index (χ1n) is 7.87. The van der Waals surface area contributed by atoms with E-state index in [4.69, 9.17) is 9.47 Å². The average Bonchev–Trinajstić information content (AvgIpc) is 2.44. The topological polar surface area (TPSA) is 51.7 Å². The van der Waals surface area contributed by atoms with Gasteiger partial charge in [0.15, 0.2) is 0 Å². The predicted molar refractivity (Wildman–Crippen MR) is 85.0 cm³/mol. The van der Waals surface area contributed by atoms with Crippen molar-refractivity contribution in [2.24, 2.45) is 0 Å². The van der Waals surface area contributed by atoms with E-state index in [9.17, 15) is 4.79 Å². The van der Waals surface area contributed by atoms with Crippen molar-refractivity contribution in [1.29, 1.82) is 0 Å². The summed E-state index contributed by atoms with van der Waals surface area (Å²) in [6.45, 7) is 8.62. The first-order chi connectivity index (χ1) is 10.5. The third-order valence-corrected chi connectivity index (χ3v) is 4.32. The smallest absolute Gasteiger partial charge is 0.356 e. The fourth-order valence-corrected chi connectivity index (χ4v) is 2.61. The number of aryl methyl sites for hydroxylation is 1. The van der Waals surface area contributed by atoms with Gasteiger partial charge in [-0.05, 0) is 45.7 Å². The molecule has 0 radical (unpaired) electrons. The molecule has 1 saturated heterocycles. The lowest BCUT2D eigenvalue weighted by molar-refractivity contribution is -0.0776. The van der Waals surface area contributed by atoms with E-state index in [1.54, 1.807) is 20.1 Å². The summed E-state index contributed by atoms with van der Waals surface area (Å²) in [5, 5.41) is 0. The van der Waals surface area contributed by atoms with E-state index in [0.29, 0.717) is 18.4 Å². The minimum Gasteiger partial charge on any atom is -0.461 e. The highest BCUT2D eigenvalue weighted by Crippen LogP contribution is 2.27. The fraction of sp³-hybridized carbons (Fsp3) is 0.647.